The van der Waals surface area contributed by atoms with E-state index in [1.807, 2.05) is 24.3 Å². The molecule has 6 heteroatoms. The second-order valence-corrected chi connectivity index (χ2v) is 6.82. The Bertz CT molecular complexity index is 791. The van der Waals surface area contributed by atoms with E-state index < -0.39 is 5.82 Å². The number of methoxy groups -OCH3 is 1. The molecule has 1 saturated heterocycles. The van der Waals surface area contributed by atoms with E-state index in [4.69, 9.17) is 4.74 Å². The molecule has 0 atom stereocenters. The van der Waals surface area contributed by atoms with Crippen LogP contribution in [0.1, 0.15) is 24.8 Å². The molecule has 1 aliphatic rings. The number of carbonyl (C=O) groups excluding carboxylic acids is 1. The molecule has 0 saturated carbocycles. The average molecular weight is 371 g/mol. The first kappa shape index (κ1) is 19.0. The number of anilines is 2. The predicted molar refractivity (Wildman–Crippen MR) is 106 cm³/mol. The van der Waals surface area contributed by atoms with E-state index in [0.717, 1.165) is 24.5 Å². The van der Waals surface area contributed by atoms with Gasteiger partial charge in [0.05, 0.1) is 18.5 Å². The number of benzene rings is 2. The van der Waals surface area contributed by atoms with Gasteiger partial charge in [-0.1, -0.05) is 18.2 Å². The number of nitrogens with zero attached hydrogens (tertiary/aromatic N) is 2. The molecule has 0 radical (unpaired) electrons. The highest BCUT2D eigenvalue weighted by atomic mass is 19.1. The number of urea groups is 1. The average Bonchev–Trinajstić information content (AvgIpc) is 2.69. The monoisotopic (exact) mass is 371 g/mol. The SMILES string of the molecule is COc1ccc(CN(C)C(=O)Nc2ccccc2N2CCCCC2)cc1F. The number of halogens is 1. The van der Waals surface area contributed by atoms with Crippen LogP contribution in [-0.2, 0) is 6.54 Å². The summed E-state index contributed by atoms with van der Waals surface area (Å²) in [5, 5.41) is 2.99. The molecule has 1 aliphatic heterocycles. The summed E-state index contributed by atoms with van der Waals surface area (Å²) < 4.78 is 18.8. The summed E-state index contributed by atoms with van der Waals surface area (Å²) in [6.07, 6.45) is 3.60. The summed E-state index contributed by atoms with van der Waals surface area (Å²) in [6, 6.07) is 12.4. The fraction of sp³-hybridized carbons (Fsp3) is 0.381. The van der Waals surface area contributed by atoms with Crippen molar-refractivity contribution >= 4 is 17.4 Å². The number of nitrogens with one attached hydrogen (secondary N) is 1. The zero-order chi connectivity index (χ0) is 19.2. The first-order valence-electron chi connectivity index (χ1n) is 9.27. The van der Waals surface area contributed by atoms with Crippen molar-refractivity contribution in [3.05, 3.63) is 53.8 Å². The maximum absolute atomic E-state index is 13.9. The summed E-state index contributed by atoms with van der Waals surface area (Å²) in [5.74, 6) is -0.236. The number of hydrogen-bond donors (Lipinski definition) is 1. The van der Waals surface area contributed by atoms with Crippen LogP contribution in [0.3, 0.4) is 0 Å². The van der Waals surface area contributed by atoms with Crippen LogP contribution in [-0.4, -0.2) is 38.2 Å². The summed E-state index contributed by atoms with van der Waals surface area (Å²) >= 11 is 0. The first-order valence-corrected chi connectivity index (χ1v) is 9.27. The van der Waals surface area contributed by atoms with Crippen molar-refractivity contribution in [2.45, 2.75) is 25.8 Å². The Hall–Kier alpha value is -2.76. The maximum atomic E-state index is 13.9. The Morgan fingerprint density at radius 3 is 2.63 bits per heavy atom. The third-order valence-electron chi connectivity index (χ3n) is 4.83. The third kappa shape index (κ3) is 4.70. The van der Waals surface area contributed by atoms with Crippen LogP contribution in [0.15, 0.2) is 42.5 Å². The number of ether oxygens (including phenoxy) is 1. The topological polar surface area (TPSA) is 44.8 Å². The summed E-state index contributed by atoms with van der Waals surface area (Å²) in [6.45, 7) is 2.32. The number of para-hydroxylation sites is 2. The molecule has 144 valence electrons. The van der Waals surface area contributed by atoms with Gasteiger partial charge >= 0.3 is 6.03 Å². The highest BCUT2D eigenvalue weighted by Gasteiger charge is 2.17. The highest BCUT2D eigenvalue weighted by Crippen LogP contribution is 2.28. The number of hydrogen-bond acceptors (Lipinski definition) is 3. The van der Waals surface area contributed by atoms with E-state index in [0.29, 0.717) is 12.1 Å². The molecule has 0 spiro atoms. The molecule has 2 aromatic carbocycles. The molecule has 1 fully saturated rings. The third-order valence-corrected chi connectivity index (χ3v) is 4.83. The second kappa shape index (κ2) is 8.75. The van der Waals surface area contributed by atoms with Crippen LogP contribution in [0, 0.1) is 5.82 Å². The van der Waals surface area contributed by atoms with Gasteiger partial charge in [-0.2, -0.15) is 0 Å². The normalized spacial score (nSPS) is 14.0. The standard InChI is InChI=1S/C21H26FN3O2/c1-24(15-16-10-11-20(27-2)17(22)14-16)21(26)23-18-8-4-5-9-19(18)25-12-6-3-7-13-25/h4-5,8-11,14H,3,6-7,12-13,15H2,1-2H3,(H,23,26). The molecule has 0 unspecified atom stereocenters. The lowest BCUT2D eigenvalue weighted by atomic mass is 10.1. The van der Waals surface area contributed by atoms with E-state index in [1.54, 1.807) is 19.2 Å². The van der Waals surface area contributed by atoms with Gasteiger partial charge in [0.1, 0.15) is 0 Å². The molecule has 2 aromatic rings. The van der Waals surface area contributed by atoms with Crippen LogP contribution in [0.5, 0.6) is 5.75 Å². The minimum absolute atomic E-state index is 0.196. The van der Waals surface area contributed by atoms with E-state index in [2.05, 4.69) is 10.2 Å². The van der Waals surface area contributed by atoms with Gasteiger partial charge in [0.15, 0.2) is 11.6 Å². The first-order chi connectivity index (χ1) is 13.1. The van der Waals surface area contributed by atoms with Gasteiger partial charge in [-0.3, -0.25) is 0 Å². The molecule has 5 nitrogen and oxygen atoms in total. The highest BCUT2D eigenvalue weighted by molar-refractivity contribution is 5.93. The van der Waals surface area contributed by atoms with E-state index in [-0.39, 0.29) is 11.8 Å². The molecule has 0 bridgehead atoms. The van der Waals surface area contributed by atoms with Gasteiger partial charge < -0.3 is 19.9 Å². The smallest absolute Gasteiger partial charge is 0.321 e. The van der Waals surface area contributed by atoms with Gasteiger partial charge in [0.25, 0.3) is 0 Å². The van der Waals surface area contributed by atoms with Crippen molar-refractivity contribution in [1.29, 1.82) is 0 Å². The Morgan fingerprint density at radius 2 is 1.93 bits per heavy atom. The van der Waals surface area contributed by atoms with Crippen LogP contribution in [0.25, 0.3) is 0 Å². The lowest BCUT2D eigenvalue weighted by molar-refractivity contribution is 0.220. The molecular formula is C21H26FN3O2. The van der Waals surface area contributed by atoms with Crippen molar-refractivity contribution in [3.8, 4) is 5.75 Å². The Morgan fingerprint density at radius 1 is 1.19 bits per heavy atom. The summed E-state index contributed by atoms with van der Waals surface area (Å²) in [5.41, 5.74) is 2.56. The lowest BCUT2D eigenvalue weighted by Gasteiger charge is -2.31. The largest absolute Gasteiger partial charge is 0.494 e. The Labute approximate surface area is 159 Å². The van der Waals surface area contributed by atoms with Crippen molar-refractivity contribution < 1.29 is 13.9 Å². The Balaban J connectivity index is 1.67. The lowest BCUT2D eigenvalue weighted by Crippen LogP contribution is -2.33. The molecule has 2 amide bonds. The zero-order valence-corrected chi connectivity index (χ0v) is 15.9. The number of piperidine rings is 1. The maximum Gasteiger partial charge on any atom is 0.321 e. The van der Waals surface area contributed by atoms with Crippen molar-refractivity contribution in [2.24, 2.45) is 0 Å². The minimum Gasteiger partial charge on any atom is -0.494 e. The molecular weight excluding hydrogens is 345 g/mol. The van der Waals surface area contributed by atoms with E-state index >= 15 is 0 Å². The van der Waals surface area contributed by atoms with Crippen molar-refractivity contribution in [1.82, 2.24) is 4.90 Å². The fourth-order valence-corrected chi connectivity index (χ4v) is 3.35. The van der Waals surface area contributed by atoms with Gasteiger partial charge in [0.2, 0.25) is 0 Å². The van der Waals surface area contributed by atoms with E-state index in [1.165, 1.54) is 37.3 Å². The molecule has 27 heavy (non-hydrogen) atoms. The van der Waals surface area contributed by atoms with E-state index in [9.17, 15) is 9.18 Å². The predicted octanol–water partition coefficient (Wildman–Crippen LogP) is 4.49. The minimum atomic E-state index is -0.431. The number of amides is 2. The molecule has 0 aromatic heterocycles. The van der Waals surface area contributed by atoms with Crippen LogP contribution >= 0.6 is 0 Å². The number of carbonyl (C=O) groups is 1. The quantitative estimate of drug-likeness (QED) is 0.842. The van der Waals surface area contributed by atoms with Gasteiger partial charge in [-0.05, 0) is 49.1 Å². The van der Waals surface area contributed by atoms with Gasteiger partial charge in [-0.15, -0.1) is 0 Å². The van der Waals surface area contributed by atoms with Crippen molar-refractivity contribution in [3.63, 3.8) is 0 Å². The number of rotatable bonds is 5. The van der Waals surface area contributed by atoms with Gasteiger partial charge in [-0.25, -0.2) is 9.18 Å². The van der Waals surface area contributed by atoms with Gasteiger partial charge in [0, 0.05) is 26.7 Å². The summed E-state index contributed by atoms with van der Waals surface area (Å²) in [4.78, 5) is 16.5. The fourth-order valence-electron chi connectivity index (χ4n) is 3.35. The van der Waals surface area contributed by atoms with Crippen LogP contribution in [0.4, 0.5) is 20.6 Å². The van der Waals surface area contributed by atoms with Crippen molar-refractivity contribution in [2.75, 3.05) is 37.5 Å². The molecule has 0 aliphatic carbocycles. The van der Waals surface area contributed by atoms with Crippen LogP contribution in [0.2, 0.25) is 0 Å². The molecule has 1 heterocycles. The Kier molecular flexibility index (Phi) is 6.16. The summed E-state index contributed by atoms with van der Waals surface area (Å²) in [7, 11) is 3.12. The second-order valence-electron chi connectivity index (χ2n) is 6.82. The van der Waals surface area contributed by atoms with Crippen LogP contribution < -0.4 is 15.0 Å². The molecule has 3 rings (SSSR count). The molecule has 1 N–H and O–H groups in total. The zero-order valence-electron chi connectivity index (χ0n) is 15.9.